The van der Waals surface area contributed by atoms with E-state index >= 15 is 0 Å². The fourth-order valence-electron chi connectivity index (χ4n) is 2.36. The lowest BCUT2D eigenvalue weighted by Crippen LogP contribution is -2.52. The van der Waals surface area contributed by atoms with Crippen molar-refractivity contribution in [1.29, 1.82) is 0 Å². The summed E-state index contributed by atoms with van der Waals surface area (Å²) in [7, 11) is 0. The third-order valence-electron chi connectivity index (χ3n) is 3.87. The average Bonchev–Trinajstić information content (AvgIpc) is 3.09. The molecule has 1 aliphatic heterocycles. The van der Waals surface area contributed by atoms with Gasteiger partial charge < -0.3 is 10.2 Å². The molecule has 1 aromatic rings. The van der Waals surface area contributed by atoms with Gasteiger partial charge in [0.15, 0.2) is 0 Å². The molecule has 18 heavy (non-hydrogen) atoms. The Morgan fingerprint density at radius 2 is 1.94 bits per heavy atom. The van der Waals surface area contributed by atoms with Crippen LogP contribution in [0.25, 0.3) is 0 Å². The Hall–Kier alpha value is -1.35. The van der Waals surface area contributed by atoms with Crippen molar-refractivity contribution in [3.63, 3.8) is 0 Å². The summed E-state index contributed by atoms with van der Waals surface area (Å²) in [5.74, 6) is 0.563. The Kier molecular flexibility index (Phi) is 3.08. The van der Waals surface area contributed by atoms with E-state index in [1.165, 1.54) is 24.0 Å². The van der Waals surface area contributed by atoms with Gasteiger partial charge in [-0.1, -0.05) is 29.8 Å². The fourth-order valence-corrected chi connectivity index (χ4v) is 2.36. The van der Waals surface area contributed by atoms with Crippen LogP contribution in [0.3, 0.4) is 0 Å². The standard InChI is InChI=1S/C15H20N2O/c1-11-2-4-12(5-3-11)10-17(14-6-7-14)15(18)13-8-16-9-13/h2-5,13-14,16H,6-10H2,1H3. The van der Waals surface area contributed by atoms with Crippen LogP contribution in [0.2, 0.25) is 0 Å². The molecule has 0 spiro atoms. The maximum absolute atomic E-state index is 12.4. The molecule has 0 atom stereocenters. The lowest BCUT2D eigenvalue weighted by atomic mass is 10.0. The molecule has 1 saturated heterocycles. The third-order valence-corrected chi connectivity index (χ3v) is 3.87. The molecule has 0 radical (unpaired) electrons. The third kappa shape index (κ3) is 2.41. The topological polar surface area (TPSA) is 32.3 Å². The molecule has 2 fully saturated rings. The van der Waals surface area contributed by atoms with Crippen LogP contribution < -0.4 is 5.32 Å². The summed E-state index contributed by atoms with van der Waals surface area (Å²) in [4.78, 5) is 14.5. The quantitative estimate of drug-likeness (QED) is 0.874. The Bertz CT molecular complexity index is 432. The van der Waals surface area contributed by atoms with E-state index in [4.69, 9.17) is 0 Å². The average molecular weight is 244 g/mol. The molecule has 2 aliphatic rings. The van der Waals surface area contributed by atoms with Gasteiger partial charge in [0.1, 0.15) is 0 Å². The zero-order valence-electron chi connectivity index (χ0n) is 10.9. The number of amides is 1. The van der Waals surface area contributed by atoms with Crippen molar-refractivity contribution in [3.8, 4) is 0 Å². The van der Waals surface area contributed by atoms with Gasteiger partial charge in [-0.25, -0.2) is 0 Å². The van der Waals surface area contributed by atoms with E-state index < -0.39 is 0 Å². The molecule has 0 aromatic heterocycles. The van der Waals surface area contributed by atoms with Crippen molar-refractivity contribution in [2.45, 2.75) is 32.4 Å². The van der Waals surface area contributed by atoms with Crippen LogP contribution in [-0.4, -0.2) is 29.9 Å². The fraction of sp³-hybridized carbons (Fsp3) is 0.533. The molecule has 1 N–H and O–H groups in total. The first kappa shape index (κ1) is 11.7. The summed E-state index contributed by atoms with van der Waals surface area (Å²) < 4.78 is 0. The van der Waals surface area contributed by atoms with Gasteiger partial charge >= 0.3 is 0 Å². The Labute approximate surface area is 108 Å². The van der Waals surface area contributed by atoms with Gasteiger partial charge in [-0.3, -0.25) is 4.79 Å². The van der Waals surface area contributed by atoms with Crippen molar-refractivity contribution in [1.82, 2.24) is 10.2 Å². The Balaban J connectivity index is 1.69. The number of hydrogen-bond donors (Lipinski definition) is 1. The number of benzene rings is 1. The molecule has 1 aliphatic carbocycles. The van der Waals surface area contributed by atoms with Gasteiger partial charge in [-0.05, 0) is 25.3 Å². The molecule has 96 valence electrons. The molecule has 3 rings (SSSR count). The second-order valence-electron chi connectivity index (χ2n) is 5.54. The van der Waals surface area contributed by atoms with Crippen molar-refractivity contribution < 1.29 is 4.79 Å². The molecule has 1 amide bonds. The molecule has 1 aromatic carbocycles. The van der Waals surface area contributed by atoms with Gasteiger partial charge in [-0.2, -0.15) is 0 Å². The molecule has 0 bridgehead atoms. The first-order valence-electron chi connectivity index (χ1n) is 6.81. The second-order valence-corrected chi connectivity index (χ2v) is 5.54. The summed E-state index contributed by atoms with van der Waals surface area (Å²) >= 11 is 0. The van der Waals surface area contributed by atoms with E-state index in [-0.39, 0.29) is 5.92 Å². The van der Waals surface area contributed by atoms with Gasteiger partial charge in [0.2, 0.25) is 5.91 Å². The molecule has 1 saturated carbocycles. The highest BCUT2D eigenvalue weighted by Gasteiger charge is 2.37. The number of carbonyl (C=O) groups is 1. The van der Waals surface area contributed by atoms with Crippen molar-refractivity contribution in [3.05, 3.63) is 35.4 Å². The molecule has 3 nitrogen and oxygen atoms in total. The van der Waals surface area contributed by atoms with E-state index in [0.29, 0.717) is 11.9 Å². The first-order valence-corrected chi connectivity index (χ1v) is 6.81. The maximum atomic E-state index is 12.4. The SMILES string of the molecule is Cc1ccc(CN(C(=O)C2CNC2)C2CC2)cc1. The van der Waals surface area contributed by atoms with Crippen molar-refractivity contribution >= 4 is 5.91 Å². The lowest BCUT2D eigenvalue weighted by molar-refractivity contribution is -0.138. The van der Waals surface area contributed by atoms with E-state index in [9.17, 15) is 4.79 Å². The molecular weight excluding hydrogens is 224 g/mol. The molecule has 0 unspecified atom stereocenters. The minimum absolute atomic E-state index is 0.219. The second kappa shape index (κ2) is 4.73. The summed E-state index contributed by atoms with van der Waals surface area (Å²) in [6.45, 7) is 4.58. The largest absolute Gasteiger partial charge is 0.335 e. The highest BCUT2D eigenvalue weighted by molar-refractivity contribution is 5.80. The highest BCUT2D eigenvalue weighted by atomic mass is 16.2. The monoisotopic (exact) mass is 244 g/mol. The molecule has 3 heteroatoms. The van der Waals surface area contributed by atoms with Crippen LogP contribution in [0, 0.1) is 12.8 Å². The van der Waals surface area contributed by atoms with Gasteiger partial charge in [-0.15, -0.1) is 0 Å². The van der Waals surface area contributed by atoms with Gasteiger partial charge in [0.25, 0.3) is 0 Å². The maximum Gasteiger partial charge on any atom is 0.228 e. The van der Waals surface area contributed by atoms with E-state index in [2.05, 4.69) is 41.4 Å². The summed E-state index contributed by atoms with van der Waals surface area (Å²) in [6.07, 6.45) is 2.36. The van der Waals surface area contributed by atoms with Gasteiger partial charge in [0.05, 0.1) is 5.92 Å². The number of nitrogens with zero attached hydrogens (tertiary/aromatic N) is 1. The van der Waals surface area contributed by atoms with E-state index in [1.54, 1.807) is 0 Å². The van der Waals surface area contributed by atoms with Crippen LogP contribution in [-0.2, 0) is 11.3 Å². The number of rotatable bonds is 4. The molecule has 1 heterocycles. The smallest absolute Gasteiger partial charge is 0.228 e. The summed E-state index contributed by atoms with van der Waals surface area (Å²) in [5.41, 5.74) is 2.51. The van der Waals surface area contributed by atoms with Crippen LogP contribution in [0.1, 0.15) is 24.0 Å². The minimum atomic E-state index is 0.219. The van der Waals surface area contributed by atoms with Crippen LogP contribution in [0.5, 0.6) is 0 Å². The number of carbonyl (C=O) groups excluding carboxylic acids is 1. The zero-order chi connectivity index (χ0) is 12.5. The normalized spacial score (nSPS) is 19.4. The zero-order valence-corrected chi connectivity index (χ0v) is 10.9. The van der Waals surface area contributed by atoms with Crippen molar-refractivity contribution in [2.75, 3.05) is 13.1 Å². The predicted octanol–water partition coefficient (Wildman–Crippen LogP) is 1.71. The number of aryl methyl sites for hydroxylation is 1. The summed E-state index contributed by atoms with van der Waals surface area (Å²) in [6, 6.07) is 9.01. The Morgan fingerprint density at radius 3 is 2.44 bits per heavy atom. The predicted molar refractivity (Wildman–Crippen MR) is 71.1 cm³/mol. The minimum Gasteiger partial charge on any atom is -0.335 e. The number of hydrogen-bond acceptors (Lipinski definition) is 2. The highest BCUT2D eigenvalue weighted by Crippen LogP contribution is 2.30. The van der Waals surface area contributed by atoms with Gasteiger partial charge in [0, 0.05) is 25.7 Å². The van der Waals surface area contributed by atoms with Crippen LogP contribution >= 0.6 is 0 Å². The van der Waals surface area contributed by atoms with Crippen LogP contribution in [0.15, 0.2) is 24.3 Å². The number of nitrogens with one attached hydrogen (secondary N) is 1. The van der Waals surface area contributed by atoms with Crippen molar-refractivity contribution in [2.24, 2.45) is 5.92 Å². The lowest BCUT2D eigenvalue weighted by Gasteiger charge is -2.32. The van der Waals surface area contributed by atoms with Crippen LogP contribution in [0.4, 0.5) is 0 Å². The van der Waals surface area contributed by atoms with E-state index in [1.807, 2.05) is 0 Å². The Morgan fingerprint density at radius 1 is 1.28 bits per heavy atom. The molecular formula is C15H20N2O. The summed E-state index contributed by atoms with van der Waals surface area (Å²) in [5, 5.41) is 3.18. The van der Waals surface area contributed by atoms with E-state index in [0.717, 1.165) is 19.6 Å². The first-order chi connectivity index (χ1) is 8.74.